The molecule has 1 N–H and O–H groups in total. The van der Waals surface area contributed by atoms with Crippen LogP contribution in [0, 0.1) is 22.7 Å². The average molecular weight is 226 g/mol. The third-order valence-electron chi connectivity index (χ3n) is 5.66. The van der Waals surface area contributed by atoms with E-state index in [9.17, 15) is 5.11 Å². The minimum Gasteiger partial charge on any atom is -0.393 e. The first-order valence-corrected chi connectivity index (χ1v) is 6.98. The highest BCUT2D eigenvalue weighted by molar-refractivity contribution is 5.00. The molecule has 4 atom stereocenters. The summed E-state index contributed by atoms with van der Waals surface area (Å²) in [6, 6.07) is 0. The van der Waals surface area contributed by atoms with E-state index in [1.54, 1.807) is 0 Å². The number of aliphatic hydroxyl groups is 1. The second-order valence-corrected chi connectivity index (χ2v) is 6.65. The van der Waals surface area contributed by atoms with Crippen LogP contribution in [0.1, 0.15) is 67.2 Å². The summed E-state index contributed by atoms with van der Waals surface area (Å²) in [5.41, 5.74) is 0.484. The SMILES string of the molecule is CCC(C)C1(C)CCC(O)C(C)(C)C1CC. The van der Waals surface area contributed by atoms with Gasteiger partial charge in [-0.2, -0.15) is 0 Å². The fourth-order valence-corrected chi connectivity index (χ4v) is 4.12. The average Bonchev–Trinajstić information content (AvgIpc) is 2.23. The highest BCUT2D eigenvalue weighted by Gasteiger charge is 2.51. The quantitative estimate of drug-likeness (QED) is 0.763. The summed E-state index contributed by atoms with van der Waals surface area (Å²) in [5.74, 6) is 1.39. The van der Waals surface area contributed by atoms with Crippen LogP contribution in [0.2, 0.25) is 0 Å². The van der Waals surface area contributed by atoms with Gasteiger partial charge in [0.05, 0.1) is 6.10 Å². The van der Waals surface area contributed by atoms with E-state index in [4.69, 9.17) is 0 Å². The minimum absolute atomic E-state index is 0.0746. The third-order valence-corrected chi connectivity index (χ3v) is 5.66. The largest absolute Gasteiger partial charge is 0.393 e. The van der Waals surface area contributed by atoms with Crippen molar-refractivity contribution in [3.8, 4) is 0 Å². The molecule has 0 radical (unpaired) electrons. The van der Waals surface area contributed by atoms with E-state index in [2.05, 4.69) is 41.5 Å². The number of hydrogen-bond acceptors (Lipinski definition) is 1. The van der Waals surface area contributed by atoms with Crippen LogP contribution >= 0.6 is 0 Å². The Labute approximate surface area is 102 Å². The predicted molar refractivity (Wildman–Crippen MR) is 70.4 cm³/mol. The van der Waals surface area contributed by atoms with Crippen LogP contribution in [0.15, 0.2) is 0 Å². The molecular formula is C15H30O. The minimum atomic E-state index is -0.116. The lowest BCUT2D eigenvalue weighted by Crippen LogP contribution is -2.51. The molecule has 1 saturated carbocycles. The van der Waals surface area contributed by atoms with E-state index in [0.29, 0.717) is 11.3 Å². The molecule has 0 bridgehead atoms. The Morgan fingerprint density at radius 2 is 1.81 bits per heavy atom. The predicted octanol–water partition coefficient (Wildman–Crippen LogP) is 4.25. The third kappa shape index (κ3) is 2.03. The van der Waals surface area contributed by atoms with Gasteiger partial charge in [0.1, 0.15) is 0 Å². The molecule has 1 heteroatoms. The van der Waals surface area contributed by atoms with E-state index in [1.807, 2.05) is 0 Å². The normalized spacial score (nSPS) is 40.7. The van der Waals surface area contributed by atoms with Crippen molar-refractivity contribution in [2.24, 2.45) is 22.7 Å². The van der Waals surface area contributed by atoms with Gasteiger partial charge >= 0.3 is 0 Å². The van der Waals surface area contributed by atoms with Crippen LogP contribution in [0.3, 0.4) is 0 Å². The fourth-order valence-electron chi connectivity index (χ4n) is 4.12. The van der Waals surface area contributed by atoms with Gasteiger partial charge in [0.25, 0.3) is 0 Å². The zero-order valence-electron chi connectivity index (χ0n) is 12.0. The van der Waals surface area contributed by atoms with Gasteiger partial charge in [-0.1, -0.05) is 54.4 Å². The van der Waals surface area contributed by atoms with Crippen molar-refractivity contribution in [2.75, 3.05) is 0 Å². The molecule has 0 aromatic rings. The summed E-state index contributed by atoms with van der Waals surface area (Å²) in [5, 5.41) is 10.2. The maximum Gasteiger partial charge on any atom is 0.0594 e. The number of hydrogen-bond donors (Lipinski definition) is 1. The Bertz CT molecular complexity index is 234. The van der Waals surface area contributed by atoms with Gasteiger partial charge in [0.2, 0.25) is 0 Å². The van der Waals surface area contributed by atoms with E-state index >= 15 is 0 Å². The van der Waals surface area contributed by atoms with Gasteiger partial charge in [-0.05, 0) is 35.5 Å². The first-order chi connectivity index (χ1) is 7.30. The Morgan fingerprint density at radius 3 is 2.25 bits per heavy atom. The Balaban J connectivity index is 3.03. The second kappa shape index (κ2) is 4.68. The molecule has 0 saturated heterocycles. The van der Waals surface area contributed by atoms with E-state index in [-0.39, 0.29) is 11.5 Å². The lowest BCUT2D eigenvalue weighted by atomic mass is 9.51. The first kappa shape index (κ1) is 14.0. The van der Waals surface area contributed by atoms with Crippen LogP contribution in [0.4, 0.5) is 0 Å². The summed E-state index contributed by atoms with van der Waals surface area (Å²) in [7, 11) is 0. The molecule has 0 spiro atoms. The van der Waals surface area contributed by atoms with Crippen LogP contribution in [-0.4, -0.2) is 11.2 Å². The Kier molecular flexibility index (Phi) is 4.10. The zero-order valence-corrected chi connectivity index (χ0v) is 12.0. The summed E-state index contributed by atoms with van der Waals surface area (Å²) in [6.07, 6.45) is 4.48. The van der Waals surface area contributed by atoms with Crippen molar-refractivity contribution in [3.05, 3.63) is 0 Å². The van der Waals surface area contributed by atoms with Crippen LogP contribution in [-0.2, 0) is 0 Å². The maximum absolute atomic E-state index is 10.2. The zero-order chi connectivity index (χ0) is 12.6. The lowest BCUT2D eigenvalue weighted by Gasteiger charge is -2.55. The van der Waals surface area contributed by atoms with Crippen molar-refractivity contribution in [3.63, 3.8) is 0 Å². The Hall–Kier alpha value is -0.0400. The number of rotatable bonds is 3. The standard InChI is InChI=1S/C15H30O/c1-7-11(3)15(6)10-9-13(16)14(4,5)12(15)8-2/h11-13,16H,7-10H2,1-6H3. The molecule has 16 heavy (non-hydrogen) atoms. The van der Waals surface area contributed by atoms with Gasteiger partial charge in [-0.25, -0.2) is 0 Å². The van der Waals surface area contributed by atoms with Crippen LogP contribution in [0.5, 0.6) is 0 Å². The summed E-state index contributed by atoms with van der Waals surface area (Å²) in [4.78, 5) is 0. The van der Waals surface area contributed by atoms with Gasteiger partial charge in [0, 0.05) is 0 Å². The number of aliphatic hydroxyl groups excluding tert-OH is 1. The van der Waals surface area contributed by atoms with Crippen molar-refractivity contribution >= 4 is 0 Å². The van der Waals surface area contributed by atoms with Crippen molar-refractivity contribution < 1.29 is 5.11 Å². The molecule has 1 aliphatic carbocycles. The molecule has 96 valence electrons. The molecule has 1 fully saturated rings. The summed E-state index contributed by atoms with van der Waals surface area (Å²) < 4.78 is 0. The van der Waals surface area contributed by atoms with Crippen LogP contribution in [0.25, 0.3) is 0 Å². The fraction of sp³-hybridized carbons (Fsp3) is 1.00. The highest BCUT2D eigenvalue weighted by atomic mass is 16.3. The summed E-state index contributed by atoms with van der Waals surface area (Å²) >= 11 is 0. The van der Waals surface area contributed by atoms with E-state index in [0.717, 1.165) is 12.3 Å². The molecule has 0 heterocycles. The molecule has 4 unspecified atom stereocenters. The molecule has 0 amide bonds. The molecule has 1 nitrogen and oxygen atoms in total. The van der Waals surface area contributed by atoms with E-state index in [1.165, 1.54) is 19.3 Å². The van der Waals surface area contributed by atoms with Gasteiger partial charge in [-0.15, -0.1) is 0 Å². The van der Waals surface area contributed by atoms with Gasteiger partial charge < -0.3 is 5.11 Å². The topological polar surface area (TPSA) is 20.2 Å². The molecule has 0 aliphatic heterocycles. The van der Waals surface area contributed by atoms with Gasteiger partial charge in [0.15, 0.2) is 0 Å². The van der Waals surface area contributed by atoms with Crippen LogP contribution < -0.4 is 0 Å². The molecular weight excluding hydrogens is 196 g/mol. The molecule has 1 aliphatic rings. The van der Waals surface area contributed by atoms with Crippen molar-refractivity contribution in [1.82, 2.24) is 0 Å². The second-order valence-electron chi connectivity index (χ2n) is 6.65. The lowest BCUT2D eigenvalue weighted by molar-refractivity contribution is -0.116. The summed E-state index contributed by atoms with van der Waals surface area (Å²) in [6.45, 7) is 13.9. The van der Waals surface area contributed by atoms with Crippen molar-refractivity contribution in [2.45, 2.75) is 73.3 Å². The Morgan fingerprint density at radius 1 is 1.25 bits per heavy atom. The molecule has 1 rings (SSSR count). The maximum atomic E-state index is 10.2. The highest BCUT2D eigenvalue weighted by Crippen LogP contribution is 2.56. The smallest absolute Gasteiger partial charge is 0.0594 e. The molecule has 0 aromatic heterocycles. The van der Waals surface area contributed by atoms with Crippen molar-refractivity contribution in [1.29, 1.82) is 0 Å². The molecule has 0 aromatic carbocycles. The van der Waals surface area contributed by atoms with E-state index < -0.39 is 0 Å². The first-order valence-electron chi connectivity index (χ1n) is 6.98. The van der Waals surface area contributed by atoms with Gasteiger partial charge in [-0.3, -0.25) is 0 Å². The monoisotopic (exact) mass is 226 g/mol.